The van der Waals surface area contributed by atoms with E-state index in [-0.39, 0.29) is 22.7 Å². The summed E-state index contributed by atoms with van der Waals surface area (Å²) in [5.41, 5.74) is 4.27. The molecule has 2 N–H and O–H groups in total. The normalized spacial score (nSPS) is 10.6. The van der Waals surface area contributed by atoms with Crippen molar-refractivity contribution in [1.82, 2.24) is 14.4 Å². The average Bonchev–Trinajstić information content (AvgIpc) is 3.10. The molecule has 0 fully saturated rings. The maximum Gasteiger partial charge on any atom is 0.187 e. The molecule has 0 aliphatic heterocycles. The number of pyridine rings is 1. The van der Waals surface area contributed by atoms with Crippen LogP contribution in [0.2, 0.25) is 5.02 Å². The minimum Gasteiger partial charge on any atom is -0.508 e. The molecule has 1 aromatic carbocycles. The molecule has 3 heterocycles. The number of halogens is 2. The van der Waals surface area contributed by atoms with Crippen LogP contribution in [0, 0.1) is 6.92 Å². The first-order valence-electron chi connectivity index (χ1n) is 7.26. The maximum absolute atomic E-state index is 9.55. The number of phenols is 1. The second-order valence-electron chi connectivity index (χ2n) is 5.33. The van der Waals surface area contributed by atoms with Gasteiger partial charge in [-0.25, -0.2) is 9.97 Å². The zero-order chi connectivity index (χ0) is 16.7. The summed E-state index contributed by atoms with van der Waals surface area (Å²) in [6.07, 6.45) is 1.84. The first-order chi connectivity index (χ1) is 11.6. The third-order valence-corrected chi connectivity index (χ3v) is 4.58. The van der Waals surface area contributed by atoms with Gasteiger partial charge in [-0.05, 0) is 31.2 Å². The highest BCUT2D eigenvalue weighted by molar-refractivity contribution is 8.93. The van der Waals surface area contributed by atoms with Gasteiger partial charge in [0, 0.05) is 23.3 Å². The zero-order valence-electron chi connectivity index (χ0n) is 13.1. The monoisotopic (exact) mass is 436 g/mol. The number of fused-ring (bicyclic) bond motifs is 1. The van der Waals surface area contributed by atoms with Crippen molar-refractivity contribution in [2.75, 3.05) is 5.32 Å². The molecule has 4 rings (SSSR count). The van der Waals surface area contributed by atoms with Crippen LogP contribution in [0.1, 0.15) is 5.69 Å². The fourth-order valence-electron chi connectivity index (χ4n) is 2.59. The van der Waals surface area contributed by atoms with E-state index in [0.29, 0.717) is 5.02 Å². The van der Waals surface area contributed by atoms with Crippen LogP contribution >= 0.6 is 39.9 Å². The maximum atomic E-state index is 9.55. The third kappa shape index (κ3) is 3.49. The van der Waals surface area contributed by atoms with Crippen molar-refractivity contribution in [3.8, 4) is 17.1 Å². The lowest BCUT2D eigenvalue weighted by Gasteiger charge is -2.03. The lowest BCUT2D eigenvalue weighted by atomic mass is 10.3. The van der Waals surface area contributed by atoms with Gasteiger partial charge in [-0.2, -0.15) is 0 Å². The Morgan fingerprint density at radius 3 is 2.84 bits per heavy atom. The van der Waals surface area contributed by atoms with Gasteiger partial charge in [-0.1, -0.05) is 17.7 Å². The summed E-state index contributed by atoms with van der Waals surface area (Å²) < 4.78 is 1.95. The number of nitrogens with zero attached hydrogens (tertiary/aromatic N) is 3. The molecule has 0 aliphatic carbocycles. The number of aromatic hydroxyl groups is 1. The van der Waals surface area contributed by atoms with Gasteiger partial charge < -0.3 is 10.4 Å². The summed E-state index contributed by atoms with van der Waals surface area (Å²) >= 11 is 7.60. The summed E-state index contributed by atoms with van der Waals surface area (Å²) in [6.45, 7) is 1.96. The lowest BCUT2D eigenvalue weighted by Crippen LogP contribution is -1.92. The highest BCUT2D eigenvalue weighted by Gasteiger charge is 2.14. The van der Waals surface area contributed by atoms with Crippen molar-refractivity contribution in [2.45, 2.75) is 6.92 Å². The fourth-order valence-corrected chi connectivity index (χ4v) is 3.47. The molecular weight excluding hydrogens is 424 g/mol. The first kappa shape index (κ1) is 17.7. The number of anilines is 2. The van der Waals surface area contributed by atoms with Crippen molar-refractivity contribution in [1.29, 1.82) is 0 Å². The number of thiazole rings is 1. The van der Waals surface area contributed by atoms with E-state index in [0.717, 1.165) is 33.5 Å². The predicted octanol–water partition coefficient (Wildman–Crippen LogP) is 5.45. The summed E-state index contributed by atoms with van der Waals surface area (Å²) in [5, 5.41) is 16.1. The molecule has 128 valence electrons. The average molecular weight is 438 g/mol. The highest BCUT2D eigenvalue weighted by Crippen LogP contribution is 2.31. The van der Waals surface area contributed by atoms with Gasteiger partial charge in [0.1, 0.15) is 17.1 Å². The van der Waals surface area contributed by atoms with E-state index in [1.807, 2.05) is 41.1 Å². The molecule has 5 nitrogen and oxygen atoms in total. The Kier molecular flexibility index (Phi) is 4.99. The van der Waals surface area contributed by atoms with Gasteiger partial charge in [0.15, 0.2) is 5.13 Å². The molecule has 8 heteroatoms. The number of hydrogen-bond acceptors (Lipinski definition) is 5. The van der Waals surface area contributed by atoms with Crippen LogP contribution in [0.5, 0.6) is 5.75 Å². The summed E-state index contributed by atoms with van der Waals surface area (Å²) in [7, 11) is 0. The zero-order valence-corrected chi connectivity index (χ0v) is 16.4. The minimum absolute atomic E-state index is 0. The van der Waals surface area contributed by atoms with Gasteiger partial charge in [-0.3, -0.25) is 4.40 Å². The number of hydrogen-bond donors (Lipinski definition) is 2. The number of imidazole rings is 1. The molecule has 0 atom stereocenters. The van der Waals surface area contributed by atoms with Crippen molar-refractivity contribution in [3.05, 3.63) is 58.7 Å². The van der Waals surface area contributed by atoms with Crippen molar-refractivity contribution in [2.24, 2.45) is 0 Å². The van der Waals surface area contributed by atoms with Gasteiger partial charge in [0.2, 0.25) is 0 Å². The predicted molar refractivity (Wildman–Crippen MR) is 108 cm³/mol. The minimum atomic E-state index is 0. The molecule has 25 heavy (non-hydrogen) atoms. The van der Waals surface area contributed by atoms with E-state index in [4.69, 9.17) is 11.6 Å². The SMILES string of the molecule is Br.Cc1nc2ccc(Cl)cn2c1-c1csc(Nc2cccc(O)c2)n1. The molecule has 0 bridgehead atoms. The second kappa shape index (κ2) is 7.03. The van der Waals surface area contributed by atoms with E-state index in [1.165, 1.54) is 11.3 Å². The van der Waals surface area contributed by atoms with Crippen molar-refractivity contribution in [3.63, 3.8) is 0 Å². The van der Waals surface area contributed by atoms with Crippen LogP contribution < -0.4 is 5.32 Å². The summed E-state index contributed by atoms with van der Waals surface area (Å²) in [5.74, 6) is 0.212. The topological polar surface area (TPSA) is 62.5 Å². The number of aryl methyl sites for hydroxylation is 1. The molecule has 0 aliphatic rings. The molecule has 0 amide bonds. The quantitative estimate of drug-likeness (QED) is 0.447. The summed E-state index contributed by atoms with van der Waals surface area (Å²) in [4.78, 5) is 9.19. The number of benzene rings is 1. The summed E-state index contributed by atoms with van der Waals surface area (Å²) in [6, 6.07) is 10.6. The van der Waals surface area contributed by atoms with E-state index in [1.54, 1.807) is 18.2 Å². The second-order valence-corrected chi connectivity index (χ2v) is 6.63. The smallest absolute Gasteiger partial charge is 0.187 e. The van der Waals surface area contributed by atoms with E-state index < -0.39 is 0 Å². The van der Waals surface area contributed by atoms with Crippen LogP contribution in [0.25, 0.3) is 17.0 Å². The molecule has 0 saturated carbocycles. The molecule has 0 radical (unpaired) electrons. The van der Waals surface area contributed by atoms with E-state index in [9.17, 15) is 5.11 Å². The first-order valence-corrected chi connectivity index (χ1v) is 8.52. The van der Waals surface area contributed by atoms with E-state index in [2.05, 4.69) is 15.3 Å². The van der Waals surface area contributed by atoms with Gasteiger partial charge in [0.25, 0.3) is 0 Å². The molecule has 3 aromatic heterocycles. The Morgan fingerprint density at radius 1 is 1.20 bits per heavy atom. The van der Waals surface area contributed by atoms with Crippen molar-refractivity contribution < 1.29 is 5.11 Å². The van der Waals surface area contributed by atoms with Gasteiger partial charge in [-0.15, -0.1) is 28.3 Å². The third-order valence-electron chi connectivity index (χ3n) is 3.60. The molecular formula is C17H14BrClN4OS. The number of phenolic OH excluding ortho intramolecular Hbond substituents is 1. The molecule has 0 unspecified atom stereocenters. The van der Waals surface area contributed by atoms with Crippen LogP contribution in [0.3, 0.4) is 0 Å². The molecule has 0 saturated heterocycles. The molecule has 4 aromatic rings. The Labute approximate surface area is 163 Å². The fraction of sp³-hybridized carbons (Fsp3) is 0.0588. The van der Waals surface area contributed by atoms with E-state index >= 15 is 0 Å². The largest absolute Gasteiger partial charge is 0.508 e. The Morgan fingerprint density at radius 2 is 2.04 bits per heavy atom. The Balaban J connectivity index is 0.00000182. The van der Waals surface area contributed by atoms with Crippen LogP contribution in [-0.4, -0.2) is 19.5 Å². The van der Waals surface area contributed by atoms with Crippen LogP contribution in [0.4, 0.5) is 10.8 Å². The van der Waals surface area contributed by atoms with Crippen LogP contribution in [0.15, 0.2) is 48.0 Å². The highest BCUT2D eigenvalue weighted by atomic mass is 79.9. The lowest BCUT2D eigenvalue weighted by molar-refractivity contribution is 0.475. The van der Waals surface area contributed by atoms with Gasteiger partial charge >= 0.3 is 0 Å². The van der Waals surface area contributed by atoms with Crippen molar-refractivity contribution >= 4 is 56.4 Å². The Hall–Kier alpha value is -2.09. The molecule has 0 spiro atoms. The number of aromatic nitrogens is 3. The van der Waals surface area contributed by atoms with Crippen LogP contribution in [-0.2, 0) is 0 Å². The number of rotatable bonds is 3. The number of nitrogens with one attached hydrogen (secondary N) is 1. The Bertz CT molecular complexity index is 1050. The standard InChI is InChI=1S/C17H13ClN4OS.BrH/c1-10-16(22-8-11(18)5-6-15(22)19-10)14-9-24-17(21-14)20-12-3-2-4-13(23)7-12;/h2-9,23H,1H3,(H,20,21);1H. The van der Waals surface area contributed by atoms with Gasteiger partial charge in [0.05, 0.1) is 16.4 Å².